The minimum Gasteiger partial charge on any atom is -0.382 e. The second-order valence-corrected chi connectivity index (χ2v) is 4.43. The monoisotopic (exact) mass is 269 g/mol. The van der Waals surface area contributed by atoms with Crippen molar-refractivity contribution in [2.45, 2.75) is 6.92 Å². The summed E-state index contributed by atoms with van der Waals surface area (Å²) in [6.07, 6.45) is 7.65. The van der Waals surface area contributed by atoms with E-state index in [1.165, 1.54) is 16.7 Å². The lowest BCUT2D eigenvalue weighted by Crippen LogP contribution is -2.16. The zero-order chi connectivity index (χ0) is 14.3. The van der Waals surface area contributed by atoms with E-state index in [0.717, 1.165) is 0 Å². The molecule has 0 amide bonds. The maximum absolute atomic E-state index is 12.0. The van der Waals surface area contributed by atoms with Gasteiger partial charge in [0.25, 0.3) is 5.56 Å². The molecule has 20 heavy (non-hydrogen) atoms. The van der Waals surface area contributed by atoms with Crippen molar-refractivity contribution in [1.29, 1.82) is 0 Å². The topological polar surface area (TPSA) is 90.6 Å². The van der Waals surface area contributed by atoms with Gasteiger partial charge in [0.05, 0.1) is 5.56 Å². The average molecular weight is 269 g/mol. The van der Waals surface area contributed by atoms with E-state index in [1.807, 2.05) is 0 Å². The number of carbonyl (C=O) groups is 1. The predicted molar refractivity (Wildman–Crippen MR) is 74.1 cm³/mol. The van der Waals surface area contributed by atoms with Gasteiger partial charge in [-0.2, -0.15) is 4.98 Å². The van der Waals surface area contributed by atoms with E-state index in [4.69, 9.17) is 10.3 Å². The first-order valence-corrected chi connectivity index (χ1v) is 5.95. The molecule has 2 aromatic rings. The molecule has 0 aromatic carbocycles. The number of carbonyl (C=O) groups excluding carboxylic acids is 1. The number of aromatic nitrogens is 2. The molecule has 0 spiro atoms. The molecule has 1 aliphatic rings. The number of nitrogen functional groups attached to an aromatic ring is 1. The molecule has 6 heteroatoms. The van der Waals surface area contributed by atoms with Crippen LogP contribution in [0.4, 0.5) is 5.82 Å². The van der Waals surface area contributed by atoms with Gasteiger partial charge in [0.2, 0.25) is 0 Å². The molecule has 1 aliphatic carbocycles. The van der Waals surface area contributed by atoms with Crippen molar-refractivity contribution < 1.29 is 9.32 Å². The lowest BCUT2D eigenvalue weighted by Gasteiger charge is -2.03. The fraction of sp³-hybridized carbons (Fsp3) is 0.0714. The van der Waals surface area contributed by atoms with Crippen LogP contribution in [0.15, 0.2) is 45.3 Å². The van der Waals surface area contributed by atoms with Gasteiger partial charge in [-0.05, 0) is 30.7 Å². The second kappa shape index (κ2) is 4.34. The van der Waals surface area contributed by atoms with Crippen molar-refractivity contribution in [2.75, 3.05) is 5.73 Å². The SMILES string of the molecule is Cc1cc2nc(=O)c(C=C3C=CC(=O)C=C3)c(N)n2o1. The molecule has 3 rings (SSSR count). The van der Waals surface area contributed by atoms with Crippen LogP contribution in [0, 0.1) is 6.92 Å². The minimum absolute atomic E-state index is 0.0953. The van der Waals surface area contributed by atoms with Gasteiger partial charge in [-0.3, -0.25) is 9.59 Å². The molecule has 0 radical (unpaired) electrons. The summed E-state index contributed by atoms with van der Waals surface area (Å²) in [5, 5.41) is 0. The maximum Gasteiger partial charge on any atom is 0.282 e. The summed E-state index contributed by atoms with van der Waals surface area (Å²) in [7, 11) is 0. The molecule has 0 saturated carbocycles. The number of fused-ring (bicyclic) bond motifs is 1. The van der Waals surface area contributed by atoms with Crippen LogP contribution < -0.4 is 11.3 Å². The van der Waals surface area contributed by atoms with Gasteiger partial charge in [0, 0.05) is 6.07 Å². The summed E-state index contributed by atoms with van der Waals surface area (Å²) in [6.45, 7) is 1.74. The van der Waals surface area contributed by atoms with E-state index in [0.29, 0.717) is 17.0 Å². The first-order valence-electron chi connectivity index (χ1n) is 5.95. The largest absolute Gasteiger partial charge is 0.382 e. The highest BCUT2D eigenvalue weighted by atomic mass is 16.5. The number of aryl methyl sites for hydroxylation is 1. The molecule has 0 fully saturated rings. The number of anilines is 1. The fourth-order valence-electron chi connectivity index (χ4n) is 1.96. The van der Waals surface area contributed by atoms with Crippen LogP contribution in [0.3, 0.4) is 0 Å². The molecule has 2 aromatic heterocycles. The third kappa shape index (κ3) is 1.97. The molecule has 0 saturated heterocycles. The summed E-state index contributed by atoms with van der Waals surface area (Å²) in [6, 6.07) is 1.63. The van der Waals surface area contributed by atoms with E-state index in [-0.39, 0.29) is 17.2 Å². The highest BCUT2D eigenvalue weighted by Crippen LogP contribution is 2.17. The Morgan fingerprint density at radius 1 is 1.25 bits per heavy atom. The Balaban J connectivity index is 2.19. The van der Waals surface area contributed by atoms with E-state index >= 15 is 0 Å². The molecule has 0 unspecified atom stereocenters. The Hall–Kier alpha value is -2.89. The van der Waals surface area contributed by atoms with Gasteiger partial charge >= 0.3 is 0 Å². The van der Waals surface area contributed by atoms with Crippen molar-refractivity contribution in [2.24, 2.45) is 0 Å². The number of allylic oxidation sites excluding steroid dienone is 5. The molecular weight excluding hydrogens is 258 g/mol. The summed E-state index contributed by atoms with van der Waals surface area (Å²) in [4.78, 5) is 27.0. The molecule has 0 atom stereocenters. The van der Waals surface area contributed by atoms with Gasteiger partial charge in [0.15, 0.2) is 17.2 Å². The molecule has 100 valence electrons. The van der Waals surface area contributed by atoms with Crippen LogP contribution >= 0.6 is 0 Å². The lowest BCUT2D eigenvalue weighted by atomic mass is 10.1. The van der Waals surface area contributed by atoms with Crippen molar-refractivity contribution in [3.63, 3.8) is 0 Å². The Bertz CT molecular complexity index is 848. The third-order valence-corrected chi connectivity index (χ3v) is 2.91. The van der Waals surface area contributed by atoms with Gasteiger partial charge in [0.1, 0.15) is 5.76 Å². The average Bonchev–Trinajstić information content (AvgIpc) is 2.77. The van der Waals surface area contributed by atoms with Crippen molar-refractivity contribution in [1.82, 2.24) is 9.56 Å². The van der Waals surface area contributed by atoms with Crippen LogP contribution in [-0.4, -0.2) is 15.3 Å². The summed E-state index contributed by atoms with van der Waals surface area (Å²) in [5.74, 6) is 0.692. The minimum atomic E-state index is -0.436. The smallest absolute Gasteiger partial charge is 0.282 e. The van der Waals surface area contributed by atoms with Crippen LogP contribution in [0.5, 0.6) is 0 Å². The summed E-state index contributed by atoms with van der Waals surface area (Å²) in [5.41, 5.74) is 6.81. The van der Waals surface area contributed by atoms with Gasteiger partial charge in [-0.15, -0.1) is 4.57 Å². The Morgan fingerprint density at radius 3 is 2.65 bits per heavy atom. The van der Waals surface area contributed by atoms with Gasteiger partial charge in [-0.1, -0.05) is 12.2 Å². The van der Waals surface area contributed by atoms with Gasteiger partial charge in [-0.25, -0.2) is 0 Å². The molecule has 2 N–H and O–H groups in total. The molecule has 0 aliphatic heterocycles. The van der Waals surface area contributed by atoms with Crippen molar-refractivity contribution in [3.05, 3.63) is 57.6 Å². The third-order valence-electron chi connectivity index (χ3n) is 2.91. The van der Waals surface area contributed by atoms with Crippen LogP contribution in [-0.2, 0) is 4.79 Å². The quantitative estimate of drug-likeness (QED) is 0.841. The van der Waals surface area contributed by atoms with Crippen LogP contribution in [0.2, 0.25) is 0 Å². The van der Waals surface area contributed by atoms with Crippen molar-refractivity contribution in [3.8, 4) is 0 Å². The number of ketones is 1. The molecule has 0 bridgehead atoms. The number of nitrogens with zero attached hydrogens (tertiary/aromatic N) is 2. The van der Waals surface area contributed by atoms with E-state index in [2.05, 4.69) is 4.98 Å². The standard InChI is InChI=1S/C14H11N3O3/c1-8-6-12-16-14(19)11(13(15)17(12)20-8)7-9-2-4-10(18)5-3-9/h2-7H,15H2,1H3. The Morgan fingerprint density at radius 2 is 1.95 bits per heavy atom. The highest BCUT2D eigenvalue weighted by Gasteiger charge is 2.12. The number of hydrogen-bond donors (Lipinski definition) is 1. The van der Waals surface area contributed by atoms with Crippen LogP contribution in [0.25, 0.3) is 11.7 Å². The number of hydrogen-bond acceptors (Lipinski definition) is 5. The first-order chi connectivity index (χ1) is 9.54. The van der Waals surface area contributed by atoms with Crippen LogP contribution in [0.1, 0.15) is 11.3 Å². The van der Waals surface area contributed by atoms with E-state index < -0.39 is 5.56 Å². The summed E-state index contributed by atoms with van der Waals surface area (Å²) < 4.78 is 6.68. The van der Waals surface area contributed by atoms with E-state index in [1.54, 1.807) is 31.2 Å². The molecular formula is C14H11N3O3. The van der Waals surface area contributed by atoms with E-state index in [9.17, 15) is 9.59 Å². The molecule has 2 heterocycles. The molecule has 6 nitrogen and oxygen atoms in total. The highest BCUT2D eigenvalue weighted by molar-refractivity contribution is 6.01. The zero-order valence-electron chi connectivity index (χ0n) is 10.7. The fourth-order valence-corrected chi connectivity index (χ4v) is 1.96. The maximum atomic E-state index is 12.0. The first kappa shape index (κ1) is 12.2. The predicted octanol–water partition coefficient (Wildman–Crippen LogP) is 1.26. The Kier molecular flexibility index (Phi) is 2.64. The summed E-state index contributed by atoms with van der Waals surface area (Å²) >= 11 is 0. The Labute approximate surface area is 113 Å². The van der Waals surface area contributed by atoms with Gasteiger partial charge < -0.3 is 10.3 Å². The zero-order valence-corrected chi connectivity index (χ0v) is 10.7. The number of rotatable bonds is 1. The number of nitrogens with two attached hydrogens (primary N) is 1. The second-order valence-electron chi connectivity index (χ2n) is 4.43. The lowest BCUT2D eigenvalue weighted by molar-refractivity contribution is -0.110. The normalized spacial score (nSPS) is 14.2. The van der Waals surface area contributed by atoms with Crippen molar-refractivity contribution >= 4 is 23.3 Å².